The third-order valence-corrected chi connectivity index (χ3v) is 4.21. The second-order valence-corrected chi connectivity index (χ2v) is 6.29. The first-order valence-electron chi connectivity index (χ1n) is 8.93. The molecule has 0 fully saturated rings. The lowest BCUT2D eigenvalue weighted by Gasteiger charge is -2.04. The highest BCUT2D eigenvalue weighted by Gasteiger charge is 2.06. The van der Waals surface area contributed by atoms with Crippen LogP contribution in [0.15, 0.2) is 77.9 Å². The summed E-state index contributed by atoms with van der Waals surface area (Å²) in [6.45, 7) is 0.329. The SMILES string of the molecule is O=C(/C=C/c1cnn(Cc2ccccc2)c1)OCn1nnc2ccccc2c1=O. The lowest BCUT2D eigenvalue weighted by atomic mass is 10.2. The van der Waals surface area contributed by atoms with Gasteiger partial charge in [-0.2, -0.15) is 9.78 Å². The average Bonchev–Trinajstić information content (AvgIpc) is 3.20. The van der Waals surface area contributed by atoms with Crippen LogP contribution in [0.1, 0.15) is 11.1 Å². The second kappa shape index (κ2) is 8.30. The number of fused-ring (bicyclic) bond motifs is 1. The first kappa shape index (κ1) is 18.3. The van der Waals surface area contributed by atoms with Gasteiger partial charge in [-0.25, -0.2) is 4.79 Å². The van der Waals surface area contributed by atoms with Gasteiger partial charge in [-0.05, 0) is 23.8 Å². The summed E-state index contributed by atoms with van der Waals surface area (Å²) >= 11 is 0. The number of benzene rings is 2. The molecular formula is C21H17N5O3. The number of aromatic nitrogens is 5. The van der Waals surface area contributed by atoms with Crippen molar-refractivity contribution in [2.45, 2.75) is 13.3 Å². The summed E-state index contributed by atoms with van der Waals surface area (Å²) in [5, 5.41) is 12.4. The van der Waals surface area contributed by atoms with E-state index in [4.69, 9.17) is 4.74 Å². The molecule has 0 bridgehead atoms. The van der Waals surface area contributed by atoms with Crippen molar-refractivity contribution in [2.24, 2.45) is 0 Å². The van der Waals surface area contributed by atoms with Gasteiger partial charge >= 0.3 is 5.97 Å². The molecule has 0 unspecified atom stereocenters. The Labute approximate surface area is 165 Å². The molecule has 0 atom stereocenters. The van der Waals surface area contributed by atoms with Crippen molar-refractivity contribution < 1.29 is 9.53 Å². The largest absolute Gasteiger partial charge is 0.439 e. The Morgan fingerprint density at radius 3 is 2.72 bits per heavy atom. The van der Waals surface area contributed by atoms with Crippen molar-refractivity contribution in [3.63, 3.8) is 0 Å². The molecule has 0 saturated heterocycles. The molecule has 144 valence electrons. The maximum Gasteiger partial charge on any atom is 0.332 e. The minimum Gasteiger partial charge on any atom is -0.439 e. The predicted octanol–water partition coefficient (Wildman–Crippen LogP) is 2.25. The van der Waals surface area contributed by atoms with Crippen molar-refractivity contribution in [1.82, 2.24) is 24.8 Å². The molecule has 0 spiro atoms. The summed E-state index contributed by atoms with van der Waals surface area (Å²) in [4.78, 5) is 24.3. The molecule has 8 nitrogen and oxygen atoms in total. The summed E-state index contributed by atoms with van der Waals surface area (Å²) in [5.74, 6) is -0.595. The second-order valence-electron chi connectivity index (χ2n) is 6.29. The third-order valence-electron chi connectivity index (χ3n) is 4.21. The maximum atomic E-state index is 12.3. The van der Waals surface area contributed by atoms with E-state index in [2.05, 4.69) is 15.4 Å². The highest BCUT2D eigenvalue weighted by atomic mass is 16.5. The summed E-state index contributed by atoms with van der Waals surface area (Å²) in [5.41, 5.74) is 2.02. The molecule has 0 aliphatic rings. The van der Waals surface area contributed by atoms with E-state index >= 15 is 0 Å². The molecule has 4 rings (SSSR count). The number of carbonyl (C=O) groups is 1. The van der Waals surface area contributed by atoms with Crippen molar-refractivity contribution in [2.75, 3.05) is 0 Å². The van der Waals surface area contributed by atoms with Gasteiger partial charge in [0.25, 0.3) is 5.56 Å². The Hall–Kier alpha value is -4.07. The summed E-state index contributed by atoms with van der Waals surface area (Å²) < 4.78 is 7.88. The van der Waals surface area contributed by atoms with Crippen LogP contribution in [0.3, 0.4) is 0 Å². The first-order chi connectivity index (χ1) is 14.2. The minimum atomic E-state index is -0.595. The molecule has 4 aromatic rings. The van der Waals surface area contributed by atoms with Crippen LogP contribution in [-0.4, -0.2) is 30.7 Å². The molecule has 29 heavy (non-hydrogen) atoms. The van der Waals surface area contributed by atoms with Crippen molar-refractivity contribution in [3.8, 4) is 0 Å². The van der Waals surface area contributed by atoms with E-state index in [1.165, 1.54) is 6.08 Å². The Kier molecular flexibility index (Phi) is 5.24. The molecule has 2 aromatic carbocycles. The van der Waals surface area contributed by atoms with Crippen LogP contribution in [0.5, 0.6) is 0 Å². The molecule has 0 aliphatic carbocycles. The number of rotatable bonds is 6. The molecule has 0 N–H and O–H groups in total. The highest BCUT2D eigenvalue weighted by Crippen LogP contribution is 2.06. The van der Waals surface area contributed by atoms with E-state index in [0.717, 1.165) is 15.8 Å². The van der Waals surface area contributed by atoms with Crippen LogP contribution in [0.25, 0.3) is 17.0 Å². The molecule has 2 heterocycles. The number of hydrogen-bond donors (Lipinski definition) is 0. The fraction of sp³-hybridized carbons (Fsp3) is 0.0952. The van der Waals surface area contributed by atoms with E-state index in [0.29, 0.717) is 17.4 Å². The third kappa shape index (κ3) is 4.44. The number of carbonyl (C=O) groups excluding carboxylic acids is 1. The minimum absolute atomic E-state index is 0.312. The van der Waals surface area contributed by atoms with Crippen molar-refractivity contribution >= 4 is 22.9 Å². The monoisotopic (exact) mass is 387 g/mol. The fourth-order valence-corrected chi connectivity index (χ4v) is 2.77. The molecule has 0 aliphatic heterocycles. The molecule has 8 heteroatoms. The van der Waals surface area contributed by atoms with E-state index in [-0.39, 0.29) is 12.3 Å². The summed E-state index contributed by atoms with van der Waals surface area (Å²) in [6, 6.07) is 16.8. The lowest BCUT2D eigenvalue weighted by Crippen LogP contribution is -2.26. The van der Waals surface area contributed by atoms with Gasteiger partial charge in [0.15, 0.2) is 6.73 Å². The summed E-state index contributed by atoms with van der Waals surface area (Å²) in [6.07, 6.45) is 6.37. The number of ether oxygens (including phenoxy) is 1. The highest BCUT2D eigenvalue weighted by molar-refractivity contribution is 5.86. The quantitative estimate of drug-likeness (QED) is 0.372. The van der Waals surface area contributed by atoms with Gasteiger partial charge in [0.2, 0.25) is 0 Å². The van der Waals surface area contributed by atoms with Gasteiger partial charge in [-0.15, -0.1) is 5.10 Å². The van der Waals surface area contributed by atoms with E-state index in [1.807, 2.05) is 36.5 Å². The van der Waals surface area contributed by atoms with Crippen molar-refractivity contribution in [3.05, 3.63) is 94.5 Å². The van der Waals surface area contributed by atoms with Crippen LogP contribution in [0, 0.1) is 0 Å². The van der Waals surface area contributed by atoms with E-state index < -0.39 is 5.97 Å². The summed E-state index contributed by atoms with van der Waals surface area (Å²) in [7, 11) is 0. The normalized spacial score (nSPS) is 11.2. The Bertz CT molecular complexity index is 1230. The van der Waals surface area contributed by atoms with Gasteiger partial charge in [0.05, 0.1) is 18.1 Å². The zero-order chi connectivity index (χ0) is 20.1. The zero-order valence-electron chi connectivity index (χ0n) is 15.4. The van der Waals surface area contributed by atoms with Gasteiger partial charge in [0, 0.05) is 17.8 Å². The molecular weight excluding hydrogens is 370 g/mol. The van der Waals surface area contributed by atoms with Gasteiger partial charge < -0.3 is 4.74 Å². The average molecular weight is 387 g/mol. The van der Waals surface area contributed by atoms with Crippen LogP contribution >= 0.6 is 0 Å². The standard InChI is InChI=1S/C21H17N5O3/c27-20(29-15-26-21(28)18-8-4-5-9-19(18)23-24-26)11-10-17-12-22-25(14-17)13-16-6-2-1-3-7-16/h1-12,14H,13,15H2/b11-10+. The smallest absolute Gasteiger partial charge is 0.332 e. The maximum absolute atomic E-state index is 12.3. The number of esters is 1. The number of hydrogen-bond acceptors (Lipinski definition) is 6. The van der Waals surface area contributed by atoms with Crippen LogP contribution < -0.4 is 5.56 Å². The van der Waals surface area contributed by atoms with Crippen LogP contribution in [0.4, 0.5) is 0 Å². The predicted molar refractivity (Wildman–Crippen MR) is 107 cm³/mol. The Morgan fingerprint density at radius 2 is 1.86 bits per heavy atom. The number of nitrogens with zero attached hydrogens (tertiary/aromatic N) is 5. The molecule has 0 saturated carbocycles. The molecule has 0 amide bonds. The fourth-order valence-electron chi connectivity index (χ4n) is 2.77. The topological polar surface area (TPSA) is 91.9 Å². The van der Waals surface area contributed by atoms with Gasteiger partial charge in [-0.1, -0.05) is 47.7 Å². The zero-order valence-corrected chi connectivity index (χ0v) is 15.4. The Morgan fingerprint density at radius 1 is 1.07 bits per heavy atom. The molecule has 2 aromatic heterocycles. The van der Waals surface area contributed by atoms with Gasteiger partial charge in [0.1, 0.15) is 5.52 Å². The molecule has 0 radical (unpaired) electrons. The lowest BCUT2D eigenvalue weighted by molar-refractivity contribution is -0.141. The van der Waals surface area contributed by atoms with Crippen molar-refractivity contribution in [1.29, 1.82) is 0 Å². The van der Waals surface area contributed by atoms with E-state index in [9.17, 15) is 9.59 Å². The Balaban J connectivity index is 1.36. The van der Waals surface area contributed by atoms with Crippen LogP contribution in [-0.2, 0) is 22.8 Å². The first-order valence-corrected chi connectivity index (χ1v) is 8.93. The van der Waals surface area contributed by atoms with E-state index in [1.54, 1.807) is 41.2 Å². The van der Waals surface area contributed by atoms with Gasteiger partial charge in [-0.3, -0.25) is 9.48 Å². The van der Waals surface area contributed by atoms with Crippen LogP contribution in [0.2, 0.25) is 0 Å².